The van der Waals surface area contributed by atoms with Gasteiger partial charge in [0, 0.05) is 12.8 Å². The monoisotopic (exact) mass is 931 g/mol. The van der Waals surface area contributed by atoms with E-state index < -0.39 is 92.7 Å². The lowest BCUT2D eigenvalue weighted by atomic mass is 9.98. The highest BCUT2D eigenvalue weighted by atomic mass is 16.7. The van der Waals surface area contributed by atoms with E-state index in [-0.39, 0.29) is 26.1 Å². The summed E-state index contributed by atoms with van der Waals surface area (Å²) in [4.78, 5) is 25.7. The van der Waals surface area contributed by atoms with Gasteiger partial charge in [-0.1, -0.05) is 134 Å². The standard InChI is InChI=1S/C50H90O15/c1-3-5-7-9-11-13-15-17-19-21-22-24-26-28-30-32-41(52)60-35-38(63-42(53)33-31-29-27-25-23-20-18-16-14-12-10-8-6-4-2)36-61-49-48(59)46(57)44(55)40(65-49)37-62-50-47(58)45(56)43(54)39(34-51)64-50/h16,18,21-22,38-40,43-51,54-59H,3-15,17,19-20,23-37H2,1-2H3/b18-16+,22-21+/t38-,39-,40-,43+,44+,45?,46?,47?,48?,49-,50-/m1/s1. The molecule has 11 atom stereocenters. The Morgan fingerprint density at radius 2 is 0.877 bits per heavy atom. The number of hydrogen-bond acceptors (Lipinski definition) is 15. The van der Waals surface area contributed by atoms with E-state index in [9.17, 15) is 45.3 Å². The molecular weight excluding hydrogens is 841 g/mol. The van der Waals surface area contributed by atoms with Crippen LogP contribution in [0.15, 0.2) is 24.3 Å². The summed E-state index contributed by atoms with van der Waals surface area (Å²) in [5, 5.41) is 72.0. The van der Waals surface area contributed by atoms with Gasteiger partial charge in [0.25, 0.3) is 0 Å². The molecule has 0 spiro atoms. The molecule has 380 valence electrons. The molecule has 2 aliphatic heterocycles. The third-order valence-corrected chi connectivity index (χ3v) is 12.2. The molecule has 2 heterocycles. The molecule has 65 heavy (non-hydrogen) atoms. The first-order chi connectivity index (χ1) is 31.5. The fourth-order valence-electron chi connectivity index (χ4n) is 7.91. The van der Waals surface area contributed by atoms with Gasteiger partial charge in [0.2, 0.25) is 0 Å². The summed E-state index contributed by atoms with van der Waals surface area (Å²) in [6.45, 7) is 2.56. The lowest BCUT2D eigenvalue weighted by Crippen LogP contribution is -2.61. The first-order valence-electron chi connectivity index (χ1n) is 25.4. The highest BCUT2D eigenvalue weighted by molar-refractivity contribution is 5.70. The number of carbonyl (C=O) groups is 2. The van der Waals surface area contributed by atoms with E-state index >= 15 is 0 Å². The summed E-state index contributed by atoms with van der Waals surface area (Å²) in [5.74, 6) is -0.950. The Hall–Kier alpha value is -2.02. The van der Waals surface area contributed by atoms with Crippen LogP contribution < -0.4 is 0 Å². The molecule has 0 aromatic heterocycles. The third kappa shape index (κ3) is 26.4. The Bertz CT molecular complexity index is 1230. The maximum Gasteiger partial charge on any atom is 0.306 e. The second-order valence-electron chi connectivity index (χ2n) is 18.0. The predicted molar refractivity (Wildman–Crippen MR) is 247 cm³/mol. The van der Waals surface area contributed by atoms with Crippen molar-refractivity contribution in [3.8, 4) is 0 Å². The quantitative estimate of drug-likeness (QED) is 0.0192. The van der Waals surface area contributed by atoms with Gasteiger partial charge in [-0.2, -0.15) is 0 Å². The second-order valence-corrected chi connectivity index (χ2v) is 18.0. The number of unbranched alkanes of at least 4 members (excludes halogenated alkanes) is 21. The summed E-state index contributed by atoms with van der Waals surface area (Å²) in [6.07, 6.45) is 20.7. The molecule has 0 aromatic rings. The molecular formula is C50H90O15. The molecule has 7 N–H and O–H groups in total. The van der Waals surface area contributed by atoms with E-state index in [0.717, 1.165) is 64.2 Å². The van der Waals surface area contributed by atoms with Gasteiger partial charge in [-0.3, -0.25) is 9.59 Å². The van der Waals surface area contributed by atoms with Crippen molar-refractivity contribution in [1.82, 2.24) is 0 Å². The van der Waals surface area contributed by atoms with Gasteiger partial charge in [-0.05, 0) is 64.2 Å². The molecule has 0 bridgehead atoms. The summed E-state index contributed by atoms with van der Waals surface area (Å²) in [6, 6.07) is 0. The average Bonchev–Trinajstić information content (AvgIpc) is 3.30. The normalized spacial score (nSPS) is 26.5. The number of rotatable bonds is 39. The van der Waals surface area contributed by atoms with Crippen molar-refractivity contribution in [3.05, 3.63) is 24.3 Å². The van der Waals surface area contributed by atoms with Crippen LogP contribution in [0.25, 0.3) is 0 Å². The van der Waals surface area contributed by atoms with Crippen LogP contribution in [0.5, 0.6) is 0 Å². The number of aliphatic hydroxyl groups excluding tert-OH is 7. The molecule has 0 aromatic carbocycles. The molecule has 0 radical (unpaired) electrons. The third-order valence-electron chi connectivity index (χ3n) is 12.2. The van der Waals surface area contributed by atoms with E-state index in [1.165, 1.54) is 83.5 Å². The van der Waals surface area contributed by atoms with E-state index in [1.54, 1.807) is 0 Å². The lowest BCUT2D eigenvalue weighted by molar-refractivity contribution is -0.332. The molecule has 0 aliphatic carbocycles. The van der Waals surface area contributed by atoms with E-state index in [2.05, 4.69) is 38.2 Å². The fourth-order valence-corrected chi connectivity index (χ4v) is 7.91. The van der Waals surface area contributed by atoms with Gasteiger partial charge < -0.3 is 64.2 Å². The highest BCUT2D eigenvalue weighted by Gasteiger charge is 2.47. The summed E-state index contributed by atoms with van der Waals surface area (Å²) in [5.41, 5.74) is 0. The Morgan fingerprint density at radius 3 is 1.37 bits per heavy atom. The van der Waals surface area contributed by atoms with Crippen molar-refractivity contribution >= 4 is 11.9 Å². The Kier molecular flexibility index (Phi) is 34.5. The Balaban J connectivity index is 1.83. The van der Waals surface area contributed by atoms with Crippen LogP contribution in [0.3, 0.4) is 0 Å². The fraction of sp³-hybridized carbons (Fsp3) is 0.880. The van der Waals surface area contributed by atoms with Crippen LogP contribution in [-0.4, -0.2) is 142 Å². The number of ether oxygens (including phenoxy) is 6. The molecule has 15 heteroatoms. The molecule has 0 saturated carbocycles. The molecule has 0 amide bonds. The number of hydrogen-bond donors (Lipinski definition) is 7. The zero-order chi connectivity index (χ0) is 47.5. The van der Waals surface area contributed by atoms with Gasteiger partial charge in [0.1, 0.15) is 55.4 Å². The van der Waals surface area contributed by atoms with E-state index in [4.69, 9.17) is 28.4 Å². The largest absolute Gasteiger partial charge is 0.462 e. The summed E-state index contributed by atoms with van der Waals surface area (Å²) < 4.78 is 33.5. The molecule has 4 unspecified atom stereocenters. The first kappa shape index (κ1) is 59.1. The zero-order valence-corrected chi connectivity index (χ0v) is 40.0. The summed E-state index contributed by atoms with van der Waals surface area (Å²) >= 11 is 0. The van der Waals surface area contributed by atoms with Crippen molar-refractivity contribution in [2.75, 3.05) is 26.4 Å². The minimum absolute atomic E-state index is 0.154. The van der Waals surface area contributed by atoms with Crippen molar-refractivity contribution < 1.29 is 73.8 Å². The predicted octanol–water partition coefficient (Wildman–Crippen LogP) is 6.77. The Morgan fingerprint density at radius 1 is 0.477 bits per heavy atom. The number of aliphatic hydroxyl groups is 7. The molecule has 2 rings (SSSR count). The van der Waals surface area contributed by atoms with E-state index in [0.29, 0.717) is 12.8 Å². The van der Waals surface area contributed by atoms with Crippen LogP contribution in [0.4, 0.5) is 0 Å². The van der Waals surface area contributed by atoms with Crippen molar-refractivity contribution in [2.24, 2.45) is 0 Å². The van der Waals surface area contributed by atoms with Gasteiger partial charge in [0.15, 0.2) is 18.7 Å². The minimum Gasteiger partial charge on any atom is -0.462 e. The molecule has 15 nitrogen and oxygen atoms in total. The van der Waals surface area contributed by atoms with Gasteiger partial charge in [-0.25, -0.2) is 0 Å². The van der Waals surface area contributed by atoms with Crippen molar-refractivity contribution in [2.45, 2.75) is 255 Å². The van der Waals surface area contributed by atoms with Crippen LogP contribution in [0.1, 0.15) is 187 Å². The van der Waals surface area contributed by atoms with Crippen LogP contribution in [0, 0.1) is 0 Å². The first-order valence-corrected chi connectivity index (χ1v) is 25.4. The smallest absolute Gasteiger partial charge is 0.306 e. The van der Waals surface area contributed by atoms with Gasteiger partial charge >= 0.3 is 11.9 Å². The maximum atomic E-state index is 13.0. The molecule has 2 saturated heterocycles. The summed E-state index contributed by atoms with van der Waals surface area (Å²) in [7, 11) is 0. The van der Waals surface area contributed by atoms with Crippen LogP contribution >= 0.6 is 0 Å². The number of allylic oxidation sites excluding steroid dienone is 4. The number of esters is 2. The van der Waals surface area contributed by atoms with Crippen LogP contribution in [0.2, 0.25) is 0 Å². The maximum absolute atomic E-state index is 13.0. The van der Waals surface area contributed by atoms with E-state index in [1.807, 2.05) is 0 Å². The molecule has 2 aliphatic rings. The van der Waals surface area contributed by atoms with Crippen molar-refractivity contribution in [1.29, 1.82) is 0 Å². The topological polar surface area (TPSA) is 231 Å². The average molecular weight is 931 g/mol. The van der Waals surface area contributed by atoms with Gasteiger partial charge in [-0.15, -0.1) is 0 Å². The van der Waals surface area contributed by atoms with Gasteiger partial charge in [0.05, 0.1) is 19.8 Å². The van der Waals surface area contributed by atoms with Crippen LogP contribution in [-0.2, 0) is 38.0 Å². The molecule has 2 fully saturated rings. The zero-order valence-electron chi connectivity index (χ0n) is 40.0. The number of carbonyl (C=O) groups excluding carboxylic acids is 2. The Labute approximate surface area is 390 Å². The minimum atomic E-state index is -1.77. The lowest BCUT2D eigenvalue weighted by Gasteiger charge is -2.42. The SMILES string of the molecule is CCCCCCC/C=C/CCCCCCCC(=O)O[C@H](COC(=O)CCCCC/C=C/CCCCCCCCCC)CO[C@@H]1O[C@H](CO[C@@H]2O[C@H](CO)[C@H](O)C(O)C2O)[C@H](O)C(O)C1O. The highest BCUT2D eigenvalue weighted by Crippen LogP contribution is 2.26. The second kappa shape index (κ2) is 37.9. The van der Waals surface area contributed by atoms with Crippen molar-refractivity contribution in [3.63, 3.8) is 0 Å².